The standard InChI is InChI=1S/C12H19ClN2O2/c1-17-8-10(3-2-6-14)15-9-4-5-12(16)11(13)7-9/h4-5,7,10,15-16H,2-3,6,8,14H2,1H3. The van der Waals surface area contributed by atoms with Gasteiger partial charge in [0.25, 0.3) is 0 Å². The Kier molecular flexibility index (Phi) is 6.11. The summed E-state index contributed by atoms with van der Waals surface area (Å²) in [4.78, 5) is 0. The molecule has 1 atom stereocenters. The quantitative estimate of drug-likeness (QED) is 0.656. The van der Waals surface area contributed by atoms with E-state index in [4.69, 9.17) is 22.1 Å². The zero-order valence-corrected chi connectivity index (χ0v) is 10.7. The number of phenols is 1. The van der Waals surface area contributed by atoms with Crippen molar-refractivity contribution in [1.29, 1.82) is 0 Å². The molecule has 0 radical (unpaired) electrons. The van der Waals surface area contributed by atoms with Crippen LogP contribution in [0, 0.1) is 0 Å². The molecular formula is C12H19ClN2O2. The molecule has 0 spiro atoms. The van der Waals surface area contributed by atoms with Crippen LogP contribution in [-0.4, -0.2) is 31.4 Å². The predicted molar refractivity (Wildman–Crippen MR) is 70.7 cm³/mol. The molecular weight excluding hydrogens is 240 g/mol. The van der Waals surface area contributed by atoms with Crippen LogP contribution < -0.4 is 11.1 Å². The van der Waals surface area contributed by atoms with E-state index < -0.39 is 0 Å². The Morgan fingerprint density at radius 2 is 2.29 bits per heavy atom. The van der Waals surface area contributed by atoms with Gasteiger partial charge in [0.1, 0.15) is 5.75 Å². The molecule has 0 aliphatic rings. The lowest BCUT2D eigenvalue weighted by atomic mass is 10.1. The molecule has 1 rings (SSSR count). The summed E-state index contributed by atoms with van der Waals surface area (Å²) in [7, 11) is 1.67. The SMILES string of the molecule is COCC(CCCN)Nc1ccc(O)c(Cl)c1. The first-order chi connectivity index (χ1) is 8.17. The number of rotatable bonds is 7. The Hall–Kier alpha value is -0.970. The average Bonchev–Trinajstić information content (AvgIpc) is 2.31. The molecule has 0 aliphatic heterocycles. The maximum Gasteiger partial charge on any atom is 0.134 e. The maximum atomic E-state index is 9.32. The number of nitrogens with one attached hydrogen (secondary N) is 1. The smallest absolute Gasteiger partial charge is 0.134 e. The highest BCUT2D eigenvalue weighted by Crippen LogP contribution is 2.26. The fourth-order valence-corrected chi connectivity index (χ4v) is 1.78. The molecule has 1 aromatic carbocycles. The number of hydrogen-bond donors (Lipinski definition) is 3. The monoisotopic (exact) mass is 258 g/mol. The fraction of sp³-hybridized carbons (Fsp3) is 0.500. The van der Waals surface area contributed by atoms with Gasteiger partial charge >= 0.3 is 0 Å². The molecule has 5 heteroatoms. The average molecular weight is 259 g/mol. The van der Waals surface area contributed by atoms with Gasteiger partial charge in [0.15, 0.2) is 0 Å². The highest BCUT2D eigenvalue weighted by atomic mass is 35.5. The van der Waals surface area contributed by atoms with Gasteiger partial charge in [-0.2, -0.15) is 0 Å². The van der Waals surface area contributed by atoms with Gasteiger partial charge in [-0.15, -0.1) is 0 Å². The first kappa shape index (κ1) is 14.1. The number of halogens is 1. The second-order valence-corrected chi connectivity index (χ2v) is 4.30. The lowest BCUT2D eigenvalue weighted by Crippen LogP contribution is -2.25. The molecule has 17 heavy (non-hydrogen) atoms. The molecule has 0 amide bonds. The van der Waals surface area contributed by atoms with Crippen molar-refractivity contribution in [3.63, 3.8) is 0 Å². The van der Waals surface area contributed by atoms with Gasteiger partial charge in [-0.25, -0.2) is 0 Å². The van der Waals surface area contributed by atoms with Gasteiger partial charge in [0, 0.05) is 18.8 Å². The Morgan fingerprint density at radius 3 is 2.88 bits per heavy atom. The summed E-state index contributed by atoms with van der Waals surface area (Å²) < 4.78 is 5.14. The van der Waals surface area contributed by atoms with E-state index in [1.165, 1.54) is 0 Å². The molecule has 96 valence electrons. The van der Waals surface area contributed by atoms with Crippen LogP contribution in [-0.2, 0) is 4.74 Å². The zero-order chi connectivity index (χ0) is 12.7. The second kappa shape index (κ2) is 7.37. The Labute approximate surface area is 107 Å². The summed E-state index contributed by atoms with van der Waals surface area (Å²) in [6.07, 6.45) is 1.87. The second-order valence-electron chi connectivity index (χ2n) is 3.89. The summed E-state index contributed by atoms with van der Waals surface area (Å²) in [6, 6.07) is 5.25. The van der Waals surface area contributed by atoms with Crippen LogP contribution in [0.1, 0.15) is 12.8 Å². The largest absolute Gasteiger partial charge is 0.506 e. The van der Waals surface area contributed by atoms with Crippen molar-refractivity contribution in [1.82, 2.24) is 0 Å². The van der Waals surface area contributed by atoms with Crippen LogP contribution in [0.4, 0.5) is 5.69 Å². The Bertz CT molecular complexity index is 347. The number of methoxy groups -OCH3 is 1. The van der Waals surface area contributed by atoms with E-state index in [1.807, 2.05) is 0 Å². The predicted octanol–water partition coefficient (Wildman–Crippen LogP) is 2.21. The molecule has 4 nitrogen and oxygen atoms in total. The first-order valence-corrected chi connectivity index (χ1v) is 5.99. The normalized spacial score (nSPS) is 12.4. The number of ether oxygens (including phenoxy) is 1. The third-order valence-electron chi connectivity index (χ3n) is 2.44. The molecule has 0 fully saturated rings. The maximum absolute atomic E-state index is 9.32. The van der Waals surface area contributed by atoms with Crippen molar-refractivity contribution in [2.75, 3.05) is 25.6 Å². The molecule has 1 aromatic rings. The lowest BCUT2D eigenvalue weighted by molar-refractivity contribution is 0.182. The van der Waals surface area contributed by atoms with Crippen LogP contribution in [0.2, 0.25) is 5.02 Å². The van der Waals surface area contributed by atoms with E-state index in [0.717, 1.165) is 18.5 Å². The van der Waals surface area contributed by atoms with E-state index in [1.54, 1.807) is 25.3 Å². The topological polar surface area (TPSA) is 67.5 Å². The highest BCUT2D eigenvalue weighted by molar-refractivity contribution is 6.32. The van der Waals surface area contributed by atoms with Gasteiger partial charge in [0.2, 0.25) is 0 Å². The van der Waals surface area contributed by atoms with Crippen LogP contribution in [0.3, 0.4) is 0 Å². The summed E-state index contributed by atoms with van der Waals surface area (Å²) in [5.74, 6) is 0.0856. The minimum Gasteiger partial charge on any atom is -0.506 e. The summed E-state index contributed by atoms with van der Waals surface area (Å²) in [5, 5.41) is 13.0. The van der Waals surface area contributed by atoms with Crippen molar-refractivity contribution < 1.29 is 9.84 Å². The van der Waals surface area contributed by atoms with Crippen LogP contribution >= 0.6 is 11.6 Å². The summed E-state index contributed by atoms with van der Waals surface area (Å²) >= 11 is 5.84. The van der Waals surface area contributed by atoms with E-state index in [0.29, 0.717) is 18.2 Å². The number of phenolic OH excluding ortho intramolecular Hbond substituents is 1. The number of benzene rings is 1. The van der Waals surface area contributed by atoms with E-state index in [9.17, 15) is 5.11 Å². The molecule has 0 saturated heterocycles. The fourth-order valence-electron chi connectivity index (χ4n) is 1.59. The molecule has 0 saturated carbocycles. The zero-order valence-electron chi connectivity index (χ0n) is 9.95. The van der Waals surface area contributed by atoms with Crippen molar-refractivity contribution in [2.24, 2.45) is 5.73 Å². The molecule has 0 bridgehead atoms. The van der Waals surface area contributed by atoms with Gasteiger partial charge in [0.05, 0.1) is 11.6 Å². The highest BCUT2D eigenvalue weighted by Gasteiger charge is 2.08. The minimum atomic E-state index is 0.0856. The Balaban J connectivity index is 2.61. The minimum absolute atomic E-state index is 0.0856. The lowest BCUT2D eigenvalue weighted by Gasteiger charge is -2.19. The molecule has 4 N–H and O–H groups in total. The molecule has 1 unspecified atom stereocenters. The number of aromatic hydroxyl groups is 1. The van der Waals surface area contributed by atoms with Gasteiger partial charge < -0.3 is 20.9 Å². The molecule has 0 aliphatic carbocycles. The number of hydrogen-bond acceptors (Lipinski definition) is 4. The summed E-state index contributed by atoms with van der Waals surface area (Å²) in [6.45, 7) is 1.27. The van der Waals surface area contributed by atoms with Gasteiger partial charge in [-0.1, -0.05) is 11.6 Å². The van der Waals surface area contributed by atoms with Crippen LogP contribution in [0.15, 0.2) is 18.2 Å². The first-order valence-electron chi connectivity index (χ1n) is 5.61. The van der Waals surface area contributed by atoms with E-state index in [-0.39, 0.29) is 11.8 Å². The number of anilines is 1. The number of nitrogens with two attached hydrogens (primary N) is 1. The van der Waals surface area contributed by atoms with Gasteiger partial charge in [-0.3, -0.25) is 0 Å². The van der Waals surface area contributed by atoms with Crippen LogP contribution in [0.25, 0.3) is 0 Å². The van der Waals surface area contributed by atoms with Crippen molar-refractivity contribution in [2.45, 2.75) is 18.9 Å². The third kappa shape index (κ3) is 4.81. The molecule has 0 heterocycles. The third-order valence-corrected chi connectivity index (χ3v) is 2.75. The molecule has 0 aromatic heterocycles. The van der Waals surface area contributed by atoms with E-state index in [2.05, 4.69) is 5.32 Å². The van der Waals surface area contributed by atoms with E-state index >= 15 is 0 Å². The van der Waals surface area contributed by atoms with Crippen molar-refractivity contribution in [3.05, 3.63) is 23.2 Å². The van der Waals surface area contributed by atoms with Crippen LogP contribution in [0.5, 0.6) is 5.75 Å². The Morgan fingerprint density at radius 1 is 1.53 bits per heavy atom. The van der Waals surface area contributed by atoms with Gasteiger partial charge in [-0.05, 0) is 37.6 Å². The van der Waals surface area contributed by atoms with Crippen molar-refractivity contribution >= 4 is 17.3 Å². The summed E-state index contributed by atoms with van der Waals surface area (Å²) in [5.41, 5.74) is 6.36. The van der Waals surface area contributed by atoms with Crippen molar-refractivity contribution in [3.8, 4) is 5.75 Å².